The third-order valence-corrected chi connectivity index (χ3v) is 3.34. The zero-order valence-electron chi connectivity index (χ0n) is 8.98. The van der Waals surface area contributed by atoms with Gasteiger partial charge in [0.1, 0.15) is 5.75 Å². The molecule has 0 saturated heterocycles. The van der Waals surface area contributed by atoms with Gasteiger partial charge in [0.25, 0.3) is 0 Å². The predicted molar refractivity (Wildman–Crippen MR) is 62.8 cm³/mol. The summed E-state index contributed by atoms with van der Waals surface area (Å²) >= 11 is 6.24. The molecule has 1 heterocycles. The van der Waals surface area contributed by atoms with Crippen LogP contribution in [0, 0.1) is 6.92 Å². The molecule has 1 aromatic rings. The lowest BCUT2D eigenvalue weighted by Gasteiger charge is -2.11. The van der Waals surface area contributed by atoms with E-state index < -0.39 is 0 Å². The number of nitrogens with two attached hydrogens (primary N) is 1. The fraction of sp³-hybridized carbons (Fsp3) is 0.500. The maximum absolute atomic E-state index is 6.24. The number of rotatable bonds is 3. The maximum Gasteiger partial charge on any atom is 0.127 e. The fourth-order valence-corrected chi connectivity index (χ4v) is 2.29. The summed E-state index contributed by atoms with van der Waals surface area (Å²) in [5.74, 6) is 1.01. The summed E-state index contributed by atoms with van der Waals surface area (Å²) in [4.78, 5) is 0. The van der Waals surface area contributed by atoms with E-state index in [1.807, 2.05) is 6.92 Å². The van der Waals surface area contributed by atoms with Crippen molar-refractivity contribution in [1.29, 1.82) is 0 Å². The van der Waals surface area contributed by atoms with E-state index >= 15 is 0 Å². The number of halogens is 1. The first kappa shape index (κ1) is 10.8. The van der Waals surface area contributed by atoms with Crippen LogP contribution in [0.4, 0.5) is 0 Å². The molecular formula is C12H16ClNO. The first-order chi connectivity index (χ1) is 7.24. The molecule has 82 valence electrons. The van der Waals surface area contributed by atoms with Crippen molar-refractivity contribution >= 4 is 11.6 Å². The highest BCUT2D eigenvalue weighted by Gasteiger charge is 2.20. The Morgan fingerprint density at radius 2 is 2.33 bits per heavy atom. The van der Waals surface area contributed by atoms with Gasteiger partial charge in [0.05, 0.1) is 11.6 Å². The highest BCUT2D eigenvalue weighted by Crippen LogP contribution is 2.37. The van der Waals surface area contributed by atoms with Gasteiger partial charge in [-0.3, -0.25) is 0 Å². The summed E-state index contributed by atoms with van der Waals surface area (Å²) in [5, 5.41) is 0.874. The van der Waals surface area contributed by atoms with Gasteiger partial charge >= 0.3 is 0 Å². The van der Waals surface area contributed by atoms with Gasteiger partial charge in [0.2, 0.25) is 0 Å². The molecule has 1 aliphatic rings. The molecule has 2 rings (SSSR count). The van der Waals surface area contributed by atoms with Crippen LogP contribution >= 0.6 is 11.6 Å². The predicted octanol–water partition coefficient (Wildman–Crippen LogP) is 2.47. The second kappa shape index (κ2) is 4.42. The summed E-state index contributed by atoms with van der Waals surface area (Å²) in [7, 11) is 0. The molecule has 1 aliphatic heterocycles. The second-order valence-corrected chi connectivity index (χ2v) is 4.34. The number of fused-ring (bicyclic) bond motifs is 1. The molecule has 0 bridgehead atoms. The topological polar surface area (TPSA) is 35.2 Å². The summed E-state index contributed by atoms with van der Waals surface area (Å²) in [6, 6.07) is 2.13. The lowest BCUT2D eigenvalue weighted by Crippen LogP contribution is -2.02. The van der Waals surface area contributed by atoms with E-state index in [-0.39, 0.29) is 0 Å². The van der Waals surface area contributed by atoms with Gasteiger partial charge in [-0.25, -0.2) is 0 Å². The third kappa shape index (κ3) is 1.97. The van der Waals surface area contributed by atoms with Crippen molar-refractivity contribution in [2.75, 3.05) is 13.2 Å². The first-order valence-corrected chi connectivity index (χ1v) is 5.75. The van der Waals surface area contributed by atoms with Crippen molar-refractivity contribution in [2.24, 2.45) is 5.73 Å². The molecule has 1 aromatic carbocycles. The van der Waals surface area contributed by atoms with E-state index in [0.717, 1.165) is 48.7 Å². The van der Waals surface area contributed by atoms with Crippen LogP contribution < -0.4 is 10.5 Å². The molecule has 0 aliphatic carbocycles. The molecule has 0 amide bonds. The molecule has 0 atom stereocenters. The first-order valence-electron chi connectivity index (χ1n) is 5.37. The van der Waals surface area contributed by atoms with Crippen molar-refractivity contribution in [2.45, 2.75) is 26.2 Å². The Morgan fingerprint density at radius 3 is 3.07 bits per heavy atom. The van der Waals surface area contributed by atoms with E-state index in [1.165, 1.54) is 11.1 Å². The monoisotopic (exact) mass is 225 g/mol. The SMILES string of the molecule is Cc1cc(CCCN)c2c(c1Cl)CCO2. The lowest BCUT2D eigenvalue weighted by molar-refractivity contribution is 0.353. The van der Waals surface area contributed by atoms with Crippen LogP contribution in [0.15, 0.2) is 6.07 Å². The highest BCUT2D eigenvalue weighted by atomic mass is 35.5. The number of hydrogen-bond donors (Lipinski definition) is 1. The quantitative estimate of drug-likeness (QED) is 0.858. The maximum atomic E-state index is 6.24. The minimum absolute atomic E-state index is 0.719. The van der Waals surface area contributed by atoms with Crippen LogP contribution in [-0.4, -0.2) is 13.2 Å². The molecule has 0 unspecified atom stereocenters. The fourth-order valence-electron chi connectivity index (χ4n) is 2.06. The van der Waals surface area contributed by atoms with E-state index in [0.29, 0.717) is 0 Å². The number of benzene rings is 1. The van der Waals surface area contributed by atoms with Crippen LogP contribution in [0.25, 0.3) is 0 Å². The van der Waals surface area contributed by atoms with E-state index in [2.05, 4.69) is 6.07 Å². The molecule has 0 spiro atoms. The Hall–Kier alpha value is -0.730. The molecule has 2 nitrogen and oxygen atoms in total. The Balaban J connectivity index is 2.38. The van der Waals surface area contributed by atoms with Gasteiger partial charge in [0.15, 0.2) is 0 Å². The van der Waals surface area contributed by atoms with E-state index in [9.17, 15) is 0 Å². The number of aryl methyl sites for hydroxylation is 2. The van der Waals surface area contributed by atoms with Crippen LogP contribution in [0.1, 0.15) is 23.1 Å². The highest BCUT2D eigenvalue weighted by molar-refractivity contribution is 6.32. The van der Waals surface area contributed by atoms with Gasteiger partial charge in [-0.1, -0.05) is 17.7 Å². The molecule has 0 aromatic heterocycles. The second-order valence-electron chi connectivity index (χ2n) is 3.96. The Morgan fingerprint density at radius 1 is 1.53 bits per heavy atom. The van der Waals surface area contributed by atoms with Crippen molar-refractivity contribution < 1.29 is 4.74 Å². The average molecular weight is 226 g/mol. The number of ether oxygens (including phenoxy) is 1. The molecule has 2 N–H and O–H groups in total. The van der Waals surface area contributed by atoms with Crippen LogP contribution in [0.5, 0.6) is 5.75 Å². The Bertz CT molecular complexity index is 376. The van der Waals surface area contributed by atoms with Crippen molar-refractivity contribution in [3.05, 3.63) is 27.8 Å². The van der Waals surface area contributed by atoms with E-state index in [1.54, 1.807) is 0 Å². The molecule has 0 saturated carbocycles. The minimum atomic E-state index is 0.719. The van der Waals surface area contributed by atoms with Gasteiger partial charge in [-0.15, -0.1) is 0 Å². The summed E-state index contributed by atoms with van der Waals surface area (Å²) < 4.78 is 5.64. The zero-order chi connectivity index (χ0) is 10.8. The zero-order valence-corrected chi connectivity index (χ0v) is 9.73. The van der Waals surface area contributed by atoms with Crippen molar-refractivity contribution in [1.82, 2.24) is 0 Å². The standard InChI is InChI=1S/C12H16ClNO/c1-8-7-9(3-2-5-14)12-10(11(8)13)4-6-15-12/h7H,2-6,14H2,1H3. The van der Waals surface area contributed by atoms with Gasteiger partial charge in [-0.05, 0) is 37.4 Å². The Labute approximate surface area is 95.4 Å². The summed E-state index contributed by atoms with van der Waals surface area (Å²) in [6.07, 6.45) is 2.92. The van der Waals surface area contributed by atoms with Gasteiger partial charge in [-0.2, -0.15) is 0 Å². The van der Waals surface area contributed by atoms with Gasteiger partial charge < -0.3 is 10.5 Å². The molecule has 15 heavy (non-hydrogen) atoms. The van der Waals surface area contributed by atoms with Crippen LogP contribution in [0.2, 0.25) is 5.02 Å². The smallest absolute Gasteiger partial charge is 0.127 e. The van der Waals surface area contributed by atoms with Crippen molar-refractivity contribution in [3.63, 3.8) is 0 Å². The largest absolute Gasteiger partial charge is 0.493 e. The molecule has 3 heteroatoms. The van der Waals surface area contributed by atoms with Crippen LogP contribution in [0.3, 0.4) is 0 Å². The van der Waals surface area contributed by atoms with Crippen molar-refractivity contribution in [3.8, 4) is 5.75 Å². The molecule has 0 radical (unpaired) electrons. The third-order valence-electron chi connectivity index (χ3n) is 2.82. The number of hydrogen-bond acceptors (Lipinski definition) is 2. The van der Waals surface area contributed by atoms with Gasteiger partial charge in [0, 0.05) is 12.0 Å². The lowest BCUT2D eigenvalue weighted by atomic mass is 10.0. The average Bonchev–Trinajstić information content (AvgIpc) is 2.70. The summed E-state index contributed by atoms with van der Waals surface area (Å²) in [6.45, 7) is 3.53. The normalized spacial score (nSPS) is 13.8. The van der Waals surface area contributed by atoms with E-state index in [4.69, 9.17) is 22.1 Å². The Kier molecular flexibility index (Phi) is 3.17. The minimum Gasteiger partial charge on any atom is -0.493 e. The summed E-state index contributed by atoms with van der Waals surface area (Å²) in [5.41, 5.74) is 9.11. The molecule has 0 fully saturated rings. The molecular weight excluding hydrogens is 210 g/mol. The van der Waals surface area contributed by atoms with Crippen LogP contribution in [-0.2, 0) is 12.8 Å².